The summed E-state index contributed by atoms with van der Waals surface area (Å²) in [6.07, 6.45) is 1.26. The van der Waals surface area contributed by atoms with Crippen molar-refractivity contribution in [2.45, 2.75) is 42.6 Å². The van der Waals surface area contributed by atoms with Crippen LogP contribution in [0, 0.1) is 0 Å². The zero-order chi connectivity index (χ0) is 25.3. The molecule has 0 radical (unpaired) electrons. The van der Waals surface area contributed by atoms with Crippen molar-refractivity contribution in [1.29, 1.82) is 0 Å². The SMILES string of the molecule is CCCCN1CC(=O)N(C(O)(C(=O)O)C(C)S(=O)(=O)c2cc(Cl)ccc2-c2ccccc2)C1=O. The van der Waals surface area contributed by atoms with Gasteiger partial charge in [0, 0.05) is 17.1 Å². The van der Waals surface area contributed by atoms with E-state index < -0.39 is 45.3 Å². The Kier molecular flexibility index (Phi) is 7.35. The van der Waals surface area contributed by atoms with E-state index in [0.29, 0.717) is 18.4 Å². The lowest BCUT2D eigenvalue weighted by molar-refractivity contribution is -0.179. The van der Waals surface area contributed by atoms with Crippen LogP contribution >= 0.6 is 11.6 Å². The number of carboxylic acids is 1. The van der Waals surface area contributed by atoms with Crippen molar-refractivity contribution in [3.05, 3.63) is 53.6 Å². The Balaban J connectivity index is 2.12. The van der Waals surface area contributed by atoms with Gasteiger partial charge in [-0.25, -0.2) is 22.9 Å². The fraction of sp³-hybridized carbons (Fsp3) is 0.348. The van der Waals surface area contributed by atoms with Crippen LogP contribution in [-0.2, 0) is 19.4 Å². The number of rotatable bonds is 9. The van der Waals surface area contributed by atoms with Crippen molar-refractivity contribution >= 4 is 39.3 Å². The quantitative estimate of drug-likeness (QED) is 0.497. The number of aliphatic hydroxyl groups is 1. The molecular weight excluding hydrogens is 484 g/mol. The second kappa shape index (κ2) is 9.73. The Morgan fingerprint density at radius 1 is 1.18 bits per heavy atom. The molecular formula is C23H25ClN2O7S. The first-order valence-corrected chi connectivity index (χ1v) is 12.5. The number of carboxylic acid groups (broad SMARTS) is 1. The molecule has 0 spiro atoms. The number of urea groups is 1. The van der Waals surface area contributed by atoms with Gasteiger partial charge in [0.05, 0.1) is 4.90 Å². The molecule has 11 heteroatoms. The van der Waals surface area contributed by atoms with Gasteiger partial charge in [-0.15, -0.1) is 0 Å². The van der Waals surface area contributed by atoms with Gasteiger partial charge < -0.3 is 15.1 Å². The zero-order valence-corrected chi connectivity index (χ0v) is 20.2. The number of halogens is 1. The number of carbonyl (C=O) groups excluding carboxylic acids is 2. The van der Waals surface area contributed by atoms with Crippen LogP contribution in [0.1, 0.15) is 26.7 Å². The van der Waals surface area contributed by atoms with E-state index in [-0.39, 0.29) is 26.9 Å². The number of hydrogen-bond acceptors (Lipinski definition) is 6. The van der Waals surface area contributed by atoms with Gasteiger partial charge in [0.2, 0.25) is 0 Å². The normalized spacial score (nSPS) is 17.1. The highest BCUT2D eigenvalue weighted by Gasteiger charge is 2.60. The Hall–Kier alpha value is -2.95. The van der Waals surface area contributed by atoms with Gasteiger partial charge >= 0.3 is 12.0 Å². The summed E-state index contributed by atoms with van der Waals surface area (Å²) < 4.78 is 27.4. The van der Waals surface area contributed by atoms with E-state index >= 15 is 0 Å². The summed E-state index contributed by atoms with van der Waals surface area (Å²) in [6, 6.07) is 11.5. The van der Waals surface area contributed by atoms with Gasteiger partial charge in [0.15, 0.2) is 9.84 Å². The van der Waals surface area contributed by atoms with E-state index in [4.69, 9.17) is 11.6 Å². The fourth-order valence-corrected chi connectivity index (χ4v) is 5.90. The molecule has 1 heterocycles. The molecule has 3 rings (SSSR count). The summed E-state index contributed by atoms with van der Waals surface area (Å²) >= 11 is 6.06. The minimum Gasteiger partial charge on any atom is -0.478 e. The second-order valence-corrected chi connectivity index (χ2v) is 10.7. The van der Waals surface area contributed by atoms with Crippen molar-refractivity contribution in [3.63, 3.8) is 0 Å². The first kappa shape index (κ1) is 25.7. The Bertz CT molecular complexity index is 1220. The number of hydrogen-bond donors (Lipinski definition) is 2. The van der Waals surface area contributed by atoms with E-state index in [1.54, 1.807) is 30.3 Å². The number of amides is 3. The van der Waals surface area contributed by atoms with Crippen LogP contribution in [0.4, 0.5) is 4.79 Å². The third kappa shape index (κ3) is 4.40. The summed E-state index contributed by atoms with van der Waals surface area (Å²) in [5.74, 6) is -3.03. The number of nitrogens with zero attached hydrogens (tertiary/aromatic N) is 2. The lowest BCUT2D eigenvalue weighted by atomic mass is 10.1. The van der Waals surface area contributed by atoms with Crippen LogP contribution < -0.4 is 0 Å². The van der Waals surface area contributed by atoms with Gasteiger partial charge in [-0.05, 0) is 31.0 Å². The Morgan fingerprint density at radius 3 is 2.41 bits per heavy atom. The van der Waals surface area contributed by atoms with E-state index in [2.05, 4.69) is 0 Å². The summed E-state index contributed by atoms with van der Waals surface area (Å²) in [5, 5.41) is 19.1. The van der Waals surface area contributed by atoms with Crippen LogP contribution in [-0.4, -0.2) is 70.4 Å². The molecule has 182 valence electrons. The summed E-state index contributed by atoms with van der Waals surface area (Å²) in [6.45, 7) is 2.54. The molecule has 2 atom stereocenters. The highest BCUT2D eigenvalue weighted by atomic mass is 35.5. The lowest BCUT2D eigenvalue weighted by Crippen LogP contribution is -2.65. The number of sulfone groups is 1. The Labute approximate surface area is 202 Å². The molecule has 2 aromatic rings. The predicted octanol–water partition coefficient (Wildman–Crippen LogP) is 3.01. The lowest BCUT2D eigenvalue weighted by Gasteiger charge is -2.36. The summed E-state index contributed by atoms with van der Waals surface area (Å²) in [7, 11) is -4.64. The van der Waals surface area contributed by atoms with Crippen LogP contribution in [0.3, 0.4) is 0 Å². The van der Waals surface area contributed by atoms with Crippen LogP contribution in [0.2, 0.25) is 5.02 Å². The molecule has 34 heavy (non-hydrogen) atoms. The summed E-state index contributed by atoms with van der Waals surface area (Å²) in [4.78, 5) is 38.7. The summed E-state index contributed by atoms with van der Waals surface area (Å²) in [5.41, 5.74) is -2.60. The maximum absolute atomic E-state index is 13.7. The molecule has 3 amide bonds. The third-order valence-corrected chi connectivity index (χ3v) is 8.29. The fourth-order valence-electron chi connectivity index (χ4n) is 3.86. The molecule has 0 aromatic heterocycles. The van der Waals surface area contributed by atoms with Crippen molar-refractivity contribution < 1.29 is 33.0 Å². The van der Waals surface area contributed by atoms with E-state index in [1.807, 2.05) is 6.92 Å². The molecule has 0 aliphatic carbocycles. The Morgan fingerprint density at radius 2 is 1.82 bits per heavy atom. The maximum atomic E-state index is 13.7. The standard InChI is InChI=1S/C23H25ClN2O7S/c1-3-4-12-25-14-20(27)26(22(25)30)23(31,21(28)29)15(2)34(32,33)19-13-17(24)10-11-18(19)16-8-6-5-7-9-16/h5-11,13,15,31H,3-4,12,14H2,1-2H3,(H,28,29). The van der Waals surface area contributed by atoms with Crippen LogP contribution in [0.25, 0.3) is 11.1 Å². The van der Waals surface area contributed by atoms with Crippen molar-refractivity contribution in [2.24, 2.45) is 0 Å². The topological polar surface area (TPSA) is 132 Å². The largest absolute Gasteiger partial charge is 0.478 e. The van der Waals surface area contributed by atoms with Crippen molar-refractivity contribution in [1.82, 2.24) is 9.80 Å². The average molecular weight is 509 g/mol. The number of imide groups is 1. The van der Waals surface area contributed by atoms with E-state index in [0.717, 1.165) is 17.9 Å². The molecule has 0 bridgehead atoms. The first-order valence-electron chi connectivity index (χ1n) is 10.6. The monoisotopic (exact) mass is 508 g/mol. The number of carbonyl (C=O) groups is 3. The van der Waals surface area contributed by atoms with Gasteiger partial charge in [-0.1, -0.05) is 61.3 Å². The molecule has 2 N–H and O–H groups in total. The van der Waals surface area contributed by atoms with Gasteiger partial charge in [-0.3, -0.25) is 4.79 Å². The molecule has 1 aliphatic heterocycles. The molecule has 9 nitrogen and oxygen atoms in total. The van der Waals surface area contributed by atoms with E-state index in [1.165, 1.54) is 12.1 Å². The van der Waals surface area contributed by atoms with Crippen LogP contribution in [0.15, 0.2) is 53.4 Å². The average Bonchev–Trinajstić information content (AvgIpc) is 3.10. The molecule has 2 aromatic carbocycles. The molecule has 1 aliphatic rings. The van der Waals surface area contributed by atoms with Crippen molar-refractivity contribution in [2.75, 3.05) is 13.1 Å². The predicted molar refractivity (Wildman–Crippen MR) is 125 cm³/mol. The second-order valence-electron chi connectivity index (χ2n) is 8.01. The van der Waals surface area contributed by atoms with Crippen LogP contribution in [0.5, 0.6) is 0 Å². The number of aliphatic carboxylic acids is 1. The molecule has 1 fully saturated rings. The van der Waals surface area contributed by atoms with Crippen molar-refractivity contribution in [3.8, 4) is 11.1 Å². The zero-order valence-electron chi connectivity index (χ0n) is 18.6. The number of benzene rings is 2. The highest BCUT2D eigenvalue weighted by molar-refractivity contribution is 7.92. The minimum atomic E-state index is -4.64. The van der Waals surface area contributed by atoms with Gasteiger partial charge in [0.1, 0.15) is 11.8 Å². The maximum Gasteiger partial charge on any atom is 0.359 e. The smallest absolute Gasteiger partial charge is 0.359 e. The van der Waals surface area contributed by atoms with Gasteiger partial charge in [-0.2, -0.15) is 0 Å². The molecule has 2 unspecified atom stereocenters. The molecule has 0 saturated carbocycles. The number of unbranched alkanes of at least 4 members (excludes halogenated alkanes) is 1. The molecule has 1 saturated heterocycles. The highest BCUT2D eigenvalue weighted by Crippen LogP contribution is 2.37. The van der Waals surface area contributed by atoms with E-state index in [9.17, 15) is 33.0 Å². The first-order chi connectivity index (χ1) is 16.0. The van der Waals surface area contributed by atoms with Gasteiger partial charge in [0.25, 0.3) is 11.6 Å². The minimum absolute atomic E-state index is 0.0726. The third-order valence-electron chi connectivity index (χ3n) is 5.84.